The van der Waals surface area contributed by atoms with E-state index >= 15 is 0 Å². The van der Waals surface area contributed by atoms with Crippen molar-refractivity contribution in [3.8, 4) is 23.0 Å². The number of ether oxygens (including phenoxy) is 10. The molecule has 0 aromatic heterocycles. The van der Waals surface area contributed by atoms with Crippen LogP contribution in [0, 0.1) is 11.8 Å². The molecular weight excluding hydrogens is 1230 g/mol. The van der Waals surface area contributed by atoms with Gasteiger partial charge in [-0.05, 0) is 252 Å². The van der Waals surface area contributed by atoms with Crippen LogP contribution in [0.1, 0.15) is 299 Å². The zero-order valence-corrected chi connectivity index (χ0v) is 60.4. The molecule has 97 heavy (non-hydrogen) atoms. The van der Waals surface area contributed by atoms with Crippen molar-refractivity contribution in [2.75, 3.05) is 66.1 Å². The maximum atomic E-state index is 12.9. The Morgan fingerprint density at radius 2 is 0.691 bits per heavy atom. The summed E-state index contributed by atoms with van der Waals surface area (Å²) in [5.74, 6) is 3.90. The number of esters is 6. The third-order valence-corrected chi connectivity index (χ3v) is 18.2. The van der Waals surface area contributed by atoms with Crippen LogP contribution in [0.5, 0.6) is 23.0 Å². The minimum Gasteiger partial charge on any atom is -0.494 e. The Labute approximate surface area is 583 Å². The van der Waals surface area contributed by atoms with Gasteiger partial charge in [0.1, 0.15) is 28.6 Å². The smallest absolute Gasteiger partial charge is 0.342 e. The summed E-state index contributed by atoms with van der Waals surface area (Å²) < 4.78 is 55.0. The minimum atomic E-state index is -0.467. The molecule has 0 heterocycles. The second-order valence-electron chi connectivity index (χ2n) is 26.4. The van der Waals surface area contributed by atoms with Gasteiger partial charge >= 0.3 is 35.8 Å². The quantitative estimate of drug-likeness (QED) is 0.0224. The maximum Gasteiger partial charge on any atom is 0.342 e. The lowest BCUT2D eigenvalue weighted by atomic mass is 9.77. The van der Waals surface area contributed by atoms with Crippen LogP contribution < -0.4 is 18.9 Å². The van der Waals surface area contributed by atoms with Gasteiger partial charge in [0.25, 0.3) is 0 Å². The van der Waals surface area contributed by atoms with Gasteiger partial charge in [0.15, 0.2) is 0 Å². The molecule has 0 spiro atoms. The van der Waals surface area contributed by atoms with Crippen molar-refractivity contribution in [2.45, 2.75) is 278 Å². The highest BCUT2D eigenvalue weighted by atomic mass is 16.6. The van der Waals surface area contributed by atoms with E-state index in [1.165, 1.54) is 88.2 Å². The highest BCUT2D eigenvalue weighted by molar-refractivity contribution is 5.93. The van der Waals surface area contributed by atoms with Gasteiger partial charge in [-0.1, -0.05) is 96.6 Å². The van der Waals surface area contributed by atoms with Gasteiger partial charge in [0.2, 0.25) is 0 Å². The Kier molecular flexibility index (Phi) is 45.6. The molecule has 0 radical (unpaired) electrons. The number of hydrogen-bond donors (Lipinski definition) is 0. The molecule has 2 fully saturated rings. The van der Waals surface area contributed by atoms with Crippen molar-refractivity contribution in [3.05, 3.63) is 95.6 Å². The van der Waals surface area contributed by atoms with E-state index < -0.39 is 11.9 Å². The summed E-state index contributed by atoms with van der Waals surface area (Å²) in [5.41, 5.74) is 3.61. The minimum absolute atomic E-state index is 0.0130. The summed E-state index contributed by atoms with van der Waals surface area (Å²) in [6.07, 6.45) is 34.5. The van der Waals surface area contributed by atoms with Crippen LogP contribution in [0.25, 0.3) is 0 Å². The normalized spacial score (nSPS) is 15.8. The molecule has 0 aliphatic heterocycles. The Bertz CT molecular complexity index is 2600. The highest BCUT2D eigenvalue weighted by Crippen LogP contribution is 2.39. The van der Waals surface area contributed by atoms with Gasteiger partial charge in [0.05, 0.1) is 91.8 Å². The summed E-state index contributed by atoms with van der Waals surface area (Å²) in [6, 6.07) is 22.6. The van der Waals surface area contributed by atoms with Crippen molar-refractivity contribution in [2.24, 2.45) is 11.8 Å². The fourth-order valence-corrected chi connectivity index (χ4v) is 12.4. The molecule has 5 rings (SSSR count). The predicted molar refractivity (Wildman–Crippen MR) is 383 cm³/mol. The lowest BCUT2D eigenvalue weighted by Gasteiger charge is -2.28. The number of unbranched alkanes of at least 4 members (excludes halogenated alkanes) is 15. The van der Waals surface area contributed by atoms with E-state index in [2.05, 4.69) is 75.9 Å². The highest BCUT2D eigenvalue weighted by Gasteiger charge is 2.24. The third kappa shape index (κ3) is 39.0. The molecule has 2 saturated carbocycles. The van der Waals surface area contributed by atoms with E-state index in [1.54, 1.807) is 25.1 Å². The van der Waals surface area contributed by atoms with Crippen molar-refractivity contribution in [1.82, 2.24) is 0 Å². The first-order valence-corrected chi connectivity index (χ1v) is 37.8. The second-order valence-corrected chi connectivity index (χ2v) is 26.4. The first-order valence-electron chi connectivity index (χ1n) is 37.8. The van der Waals surface area contributed by atoms with Crippen molar-refractivity contribution in [1.29, 1.82) is 0 Å². The average molecular weight is 1350 g/mol. The standard InChI is InChI=1S/C50H74O11.C31H50O5/c1-5-19-40-20-22-41(23-21-40)42-24-26-43(27-25-42)56-32-13-7-9-15-34-58-47(51)30-31-48(52)59-35-16-10-8-14-33-57-44-28-29-46(55-6-2)45(38-44)50(54)61-37-18-12-11-17-36-60-49(53)39(3)4;1-3-5-6-9-24-35-30(32)21-22-31(33)36-25-11-8-7-10-23-34-29-19-17-28(18-20-29)27-15-13-26(12-4-2)14-16-27/h24-29,38,40-41H,3,5-23,30-37H2,1-2,4H3;17-20,26-27H,3-16,21-25H2,1-2H3. The summed E-state index contributed by atoms with van der Waals surface area (Å²) in [5, 5.41) is 0. The monoisotopic (exact) mass is 1350 g/mol. The Morgan fingerprint density at radius 3 is 1.04 bits per heavy atom. The molecule has 3 aromatic carbocycles. The van der Waals surface area contributed by atoms with Crippen LogP contribution in [0.2, 0.25) is 0 Å². The molecule has 0 N–H and O–H groups in total. The predicted octanol–water partition coefficient (Wildman–Crippen LogP) is 19.6. The summed E-state index contributed by atoms with van der Waals surface area (Å²) in [6.45, 7) is 18.2. The maximum absolute atomic E-state index is 12.9. The lowest BCUT2D eigenvalue weighted by molar-refractivity contribution is -0.150. The molecular formula is C81H124O16. The fourth-order valence-electron chi connectivity index (χ4n) is 12.4. The molecule has 0 unspecified atom stereocenters. The summed E-state index contributed by atoms with van der Waals surface area (Å²) >= 11 is 0. The summed E-state index contributed by atoms with van der Waals surface area (Å²) in [7, 11) is 0. The van der Waals surface area contributed by atoms with Crippen molar-refractivity contribution >= 4 is 35.8 Å². The third-order valence-electron chi connectivity index (χ3n) is 18.2. The van der Waals surface area contributed by atoms with Gasteiger partial charge in [-0.25, -0.2) is 9.59 Å². The molecule has 544 valence electrons. The Morgan fingerprint density at radius 1 is 0.361 bits per heavy atom. The Balaban J connectivity index is 0.000000471. The number of carbonyl (C=O) groups is 6. The molecule has 0 atom stereocenters. The first kappa shape index (κ1) is 82.8. The number of rotatable bonds is 52. The van der Waals surface area contributed by atoms with Gasteiger partial charge in [-0.3, -0.25) is 19.2 Å². The molecule has 3 aromatic rings. The van der Waals surface area contributed by atoms with Crippen LogP contribution in [0.3, 0.4) is 0 Å². The Hall–Kier alpha value is -6.58. The van der Waals surface area contributed by atoms with Gasteiger partial charge in [-0.2, -0.15) is 0 Å². The molecule has 2 aliphatic carbocycles. The molecule has 0 amide bonds. The SMILES string of the molecule is C=C(C)C(=O)OCCCCCCOC(=O)c1cc(OCCCCCCOC(=O)CCC(=O)OCCCCCCOc2ccc(C3CCC(CCC)CC3)cc2)ccc1OCC.CCCCCCOC(=O)CCC(=O)OCCCCCCOc1ccc(C2CCC(CCC)CC2)cc1. The van der Waals surface area contributed by atoms with E-state index in [9.17, 15) is 28.8 Å². The van der Waals surface area contributed by atoms with Gasteiger partial charge < -0.3 is 47.4 Å². The van der Waals surface area contributed by atoms with Crippen LogP contribution >= 0.6 is 0 Å². The molecule has 16 heteroatoms. The largest absolute Gasteiger partial charge is 0.494 e. The van der Waals surface area contributed by atoms with Crippen LogP contribution in [0.15, 0.2) is 78.9 Å². The summed E-state index contributed by atoms with van der Waals surface area (Å²) in [4.78, 5) is 71.9. The number of benzene rings is 3. The van der Waals surface area contributed by atoms with Gasteiger partial charge in [0, 0.05) is 5.57 Å². The molecule has 0 saturated heterocycles. The van der Waals surface area contributed by atoms with Crippen molar-refractivity contribution < 1.29 is 76.1 Å². The van der Waals surface area contributed by atoms with E-state index in [4.69, 9.17) is 47.4 Å². The number of carbonyl (C=O) groups excluding carboxylic acids is 6. The van der Waals surface area contributed by atoms with Gasteiger partial charge in [-0.15, -0.1) is 0 Å². The number of hydrogen-bond acceptors (Lipinski definition) is 16. The molecule has 2 aliphatic rings. The zero-order valence-electron chi connectivity index (χ0n) is 60.4. The topological polar surface area (TPSA) is 195 Å². The molecule has 16 nitrogen and oxygen atoms in total. The van der Waals surface area contributed by atoms with E-state index in [0.29, 0.717) is 94.4 Å². The second kappa shape index (κ2) is 53.4. The van der Waals surface area contributed by atoms with Crippen LogP contribution in [-0.4, -0.2) is 102 Å². The van der Waals surface area contributed by atoms with Crippen LogP contribution in [-0.2, 0) is 52.4 Å². The van der Waals surface area contributed by atoms with E-state index in [0.717, 1.165) is 151 Å². The molecule has 0 bridgehead atoms. The van der Waals surface area contributed by atoms with Crippen molar-refractivity contribution in [3.63, 3.8) is 0 Å². The first-order chi connectivity index (χ1) is 47.3. The van der Waals surface area contributed by atoms with Crippen LogP contribution in [0.4, 0.5) is 0 Å². The fraction of sp³-hybridized carbons (Fsp3) is 0.679. The van der Waals surface area contributed by atoms with E-state index in [-0.39, 0.29) is 56.2 Å². The lowest BCUT2D eigenvalue weighted by Crippen LogP contribution is -2.13. The average Bonchev–Trinajstić information content (AvgIpc) is 0.958. The van der Waals surface area contributed by atoms with E-state index in [1.807, 2.05) is 6.92 Å². The zero-order chi connectivity index (χ0) is 69.8.